The van der Waals surface area contributed by atoms with Crippen LogP contribution in [0, 0.1) is 11.2 Å². The molecule has 1 aromatic heterocycles. The summed E-state index contributed by atoms with van der Waals surface area (Å²) in [6.07, 6.45) is 2.91. The normalized spacial score (nSPS) is 20.4. The van der Waals surface area contributed by atoms with E-state index in [1.807, 2.05) is 29.3 Å². The van der Waals surface area contributed by atoms with Gasteiger partial charge in [0.05, 0.1) is 11.5 Å². The number of hydrogen-bond donors (Lipinski definition) is 1. The summed E-state index contributed by atoms with van der Waals surface area (Å²) >= 11 is 7.71. The molecule has 6 rings (SSSR count). The standard InChI is InChI=1S/C24H18ClFN2O3S/c25-14-4-5-15-13(10-14)11-32-22-16(2-1-3-17(22)26)19(15)28-12-24(7-8-24)23(31)20-21(30)18(29)6-9-27(20)28/h1-6,9-10,19,30H,7-8,11-12H2. The molecule has 8 heteroatoms. The zero-order valence-corrected chi connectivity index (χ0v) is 18.4. The van der Waals surface area contributed by atoms with Crippen molar-refractivity contribution in [3.05, 3.63) is 92.1 Å². The second kappa shape index (κ2) is 6.86. The molecule has 1 spiro atoms. The first-order valence-electron chi connectivity index (χ1n) is 10.4. The SMILES string of the molecule is O=C1c2c(O)c(=O)ccn2N(C2c3ccc(Cl)cc3CSc3c(F)cccc32)CC12CC2. The van der Waals surface area contributed by atoms with Gasteiger partial charge in [0.1, 0.15) is 5.82 Å². The first kappa shape index (κ1) is 19.9. The number of carbonyl (C=O) groups excluding carboxylic acids is 1. The second-order valence-electron chi connectivity index (χ2n) is 8.62. The summed E-state index contributed by atoms with van der Waals surface area (Å²) in [7, 11) is 0. The summed E-state index contributed by atoms with van der Waals surface area (Å²) in [6.45, 7) is 0.411. The summed E-state index contributed by atoms with van der Waals surface area (Å²) in [5, 5.41) is 13.1. The highest BCUT2D eigenvalue weighted by Crippen LogP contribution is 2.54. The molecule has 0 bridgehead atoms. The Labute approximate surface area is 192 Å². The van der Waals surface area contributed by atoms with E-state index in [4.69, 9.17) is 11.6 Å². The van der Waals surface area contributed by atoms with Crippen LogP contribution >= 0.6 is 23.4 Å². The van der Waals surface area contributed by atoms with Crippen molar-refractivity contribution in [3.63, 3.8) is 0 Å². The maximum Gasteiger partial charge on any atom is 0.224 e. The number of benzene rings is 2. The van der Waals surface area contributed by atoms with Crippen molar-refractivity contribution in [1.29, 1.82) is 0 Å². The monoisotopic (exact) mass is 468 g/mol. The number of hydrogen-bond acceptors (Lipinski definition) is 5. The van der Waals surface area contributed by atoms with Crippen LogP contribution in [0.5, 0.6) is 5.75 Å². The predicted molar refractivity (Wildman–Crippen MR) is 121 cm³/mol. The molecular formula is C24H18ClFN2O3S. The quantitative estimate of drug-likeness (QED) is 0.563. The predicted octanol–water partition coefficient (Wildman–Crippen LogP) is 4.66. The van der Waals surface area contributed by atoms with E-state index < -0.39 is 22.6 Å². The molecule has 2 aromatic carbocycles. The molecular weight excluding hydrogens is 451 g/mol. The molecule has 5 nitrogen and oxygen atoms in total. The highest BCUT2D eigenvalue weighted by Gasteiger charge is 2.56. The van der Waals surface area contributed by atoms with E-state index in [1.165, 1.54) is 30.1 Å². The molecule has 1 aliphatic carbocycles. The lowest BCUT2D eigenvalue weighted by atomic mass is 9.90. The summed E-state index contributed by atoms with van der Waals surface area (Å²) < 4.78 is 16.5. The highest BCUT2D eigenvalue weighted by atomic mass is 35.5. The van der Waals surface area contributed by atoms with Gasteiger partial charge in [0.15, 0.2) is 17.2 Å². The number of Topliss-reactive ketones (excluding diaryl/α,β-unsaturated/α-hetero) is 1. The van der Waals surface area contributed by atoms with E-state index in [1.54, 1.807) is 10.7 Å². The van der Waals surface area contributed by atoms with Crippen LogP contribution in [0.2, 0.25) is 5.02 Å². The first-order valence-corrected chi connectivity index (χ1v) is 11.7. The van der Waals surface area contributed by atoms with Crippen LogP contribution < -0.4 is 10.4 Å². The van der Waals surface area contributed by atoms with E-state index in [0.717, 1.165) is 16.7 Å². The minimum absolute atomic E-state index is 0.00613. The number of ketones is 1. The van der Waals surface area contributed by atoms with E-state index >= 15 is 0 Å². The zero-order chi connectivity index (χ0) is 22.2. The van der Waals surface area contributed by atoms with Crippen molar-refractivity contribution >= 4 is 29.1 Å². The van der Waals surface area contributed by atoms with Gasteiger partial charge in [-0.1, -0.05) is 29.8 Å². The Morgan fingerprint density at radius 3 is 2.72 bits per heavy atom. The van der Waals surface area contributed by atoms with Gasteiger partial charge in [-0.05, 0) is 47.7 Å². The number of carbonyl (C=O) groups is 1. The van der Waals surface area contributed by atoms with Gasteiger partial charge in [-0.15, -0.1) is 11.8 Å². The van der Waals surface area contributed by atoms with Gasteiger partial charge in [-0.25, -0.2) is 4.39 Å². The molecule has 32 heavy (non-hydrogen) atoms. The van der Waals surface area contributed by atoms with Crippen LogP contribution in [-0.4, -0.2) is 22.1 Å². The van der Waals surface area contributed by atoms with Crippen molar-refractivity contribution in [1.82, 2.24) is 4.68 Å². The Morgan fingerprint density at radius 2 is 1.94 bits per heavy atom. The van der Waals surface area contributed by atoms with Crippen LogP contribution in [0.25, 0.3) is 0 Å². The fraction of sp³-hybridized carbons (Fsp3) is 0.250. The van der Waals surface area contributed by atoms with Crippen molar-refractivity contribution in [2.24, 2.45) is 5.41 Å². The lowest BCUT2D eigenvalue weighted by Crippen LogP contribution is -2.51. The Bertz CT molecular complexity index is 1370. The van der Waals surface area contributed by atoms with Crippen molar-refractivity contribution in [2.45, 2.75) is 29.5 Å². The highest BCUT2D eigenvalue weighted by molar-refractivity contribution is 7.98. The Balaban J connectivity index is 1.65. The molecule has 162 valence electrons. The third-order valence-electron chi connectivity index (χ3n) is 6.71. The fourth-order valence-corrected chi connectivity index (χ4v) is 6.20. The summed E-state index contributed by atoms with van der Waals surface area (Å²) in [5.41, 5.74) is 1.51. The molecule has 1 atom stereocenters. The number of aromatic hydroxyl groups is 1. The molecule has 3 heterocycles. The lowest BCUT2D eigenvalue weighted by molar-refractivity contribution is 0.0856. The van der Waals surface area contributed by atoms with Crippen molar-refractivity contribution in [2.75, 3.05) is 11.6 Å². The van der Waals surface area contributed by atoms with Gasteiger partial charge in [0.2, 0.25) is 5.43 Å². The van der Waals surface area contributed by atoms with Gasteiger partial charge in [-0.3, -0.25) is 19.3 Å². The number of halogens is 2. The molecule has 2 aliphatic heterocycles. The van der Waals surface area contributed by atoms with Crippen molar-refractivity contribution < 1.29 is 14.3 Å². The first-order chi connectivity index (χ1) is 15.4. The molecule has 0 radical (unpaired) electrons. The summed E-state index contributed by atoms with van der Waals surface area (Å²) in [5.74, 6) is -0.482. The Hall–Kier alpha value is -2.77. The van der Waals surface area contributed by atoms with Gasteiger partial charge in [-0.2, -0.15) is 0 Å². The molecule has 1 saturated carbocycles. The van der Waals surface area contributed by atoms with Gasteiger partial charge in [0.25, 0.3) is 0 Å². The maximum absolute atomic E-state index is 14.9. The summed E-state index contributed by atoms with van der Waals surface area (Å²) in [4.78, 5) is 26.0. The van der Waals surface area contributed by atoms with E-state index in [2.05, 4.69) is 0 Å². The molecule has 3 aromatic rings. The molecule has 1 fully saturated rings. The molecule has 1 N–H and O–H groups in total. The number of thioether (sulfide) groups is 1. The third-order valence-corrected chi connectivity index (χ3v) is 8.12. The number of pyridine rings is 1. The number of fused-ring (bicyclic) bond motifs is 3. The number of nitrogens with zero attached hydrogens (tertiary/aromatic N) is 2. The zero-order valence-electron chi connectivity index (χ0n) is 16.8. The third kappa shape index (κ3) is 2.77. The minimum atomic E-state index is -0.634. The lowest BCUT2D eigenvalue weighted by Gasteiger charge is -2.43. The second-order valence-corrected chi connectivity index (χ2v) is 10.0. The Morgan fingerprint density at radius 1 is 1.12 bits per heavy atom. The molecule has 0 amide bonds. The average molecular weight is 469 g/mol. The average Bonchev–Trinajstić information content (AvgIpc) is 3.56. The minimum Gasteiger partial charge on any atom is -0.503 e. The van der Waals surface area contributed by atoms with Crippen LogP contribution in [-0.2, 0) is 5.75 Å². The van der Waals surface area contributed by atoms with Gasteiger partial charge in [0, 0.05) is 34.5 Å². The maximum atomic E-state index is 14.9. The van der Waals surface area contributed by atoms with Crippen LogP contribution in [0.4, 0.5) is 4.39 Å². The molecule has 3 aliphatic rings. The smallest absolute Gasteiger partial charge is 0.224 e. The largest absolute Gasteiger partial charge is 0.503 e. The van der Waals surface area contributed by atoms with E-state index in [-0.39, 0.29) is 17.3 Å². The van der Waals surface area contributed by atoms with Crippen LogP contribution in [0.1, 0.15) is 46.1 Å². The fourth-order valence-electron chi connectivity index (χ4n) is 4.90. The van der Waals surface area contributed by atoms with E-state index in [0.29, 0.717) is 35.1 Å². The van der Waals surface area contributed by atoms with Gasteiger partial charge >= 0.3 is 0 Å². The molecule has 0 saturated heterocycles. The van der Waals surface area contributed by atoms with Gasteiger partial charge < -0.3 is 5.11 Å². The van der Waals surface area contributed by atoms with Crippen molar-refractivity contribution in [3.8, 4) is 5.75 Å². The van der Waals surface area contributed by atoms with Crippen LogP contribution in [0.15, 0.2) is 58.4 Å². The topological polar surface area (TPSA) is 62.5 Å². The molecule has 1 unspecified atom stereocenters. The number of aromatic nitrogens is 1. The Kier molecular flexibility index (Phi) is 4.26. The number of rotatable bonds is 1. The summed E-state index contributed by atoms with van der Waals surface area (Å²) in [6, 6.07) is 11.5. The van der Waals surface area contributed by atoms with E-state index in [9.17, 15) is 19.1 Å². The van der Waals surface area contributed by atoms with Crippen LogP contribution in [0.3, 0.4) is 0 Å².